The van der Waals surface area contributed by atoms with E-state index in [0.717, 1.165) is 11.6 Å². The summed E-state index contributed by atoms with van der Waals surface area (Å²) in [6.45, 7) is 11.0. The third kappa shape index (κ3) is 4.11. The Hall–Kier alpha value is -2.32. The zero-order valence-electron chi connectivity index (χ0n) is 17.9. The number of hydrogen-bond donors (Lipinski definition) is 1. The molecule has 8 heteroatoms. The molecule has 1 heterocycles. The van der Waals surface area contributed by atoms with Crippen molar-refractivity contribution in [1.82, 2.24) is 0 Å². The SMILES string of the molecule is Cc1ccc(C(=O)Nc2cccc(C(F)(F)F)c2C)cc1B1OC(C)(C)C(C)(C)O1. The van der Waals surface area contributed by atoms with E-state index >= 15 is 0 Å². The minimum atomic E-state index is -4.49. The van der Waals surface area contributed by atoms with E-state index in [9.17, 15) is 18.0 Å². The van der Waals surface area contributed by atoms with Crippen LogP contribution >= 0.6 is 0 Å². The molecule has 1 amide bonds. The van der Waals surface area contributed by atoms with Crippen molar-refractivity contribution in [3.63, 3.8) is 0 Å². The third-order valence-corrected chi connectivity index (χ3v) is 5.94. The second-order valence-electron chi connectivity index (χ2n) is 8.59. The summed E-state index contributed by atoms with van der Waals surface area (Å²) in [7, 11) is -0.641. The smallest absolute Gasteiger partial charge is 0.399 e. The van der Waals surface area contributed by atoms with Gasteiger partial charge in [-0.15, -0.1) is 0 Å². The fraction of sp³-hybridized carbons (Fsp3) is 0.409. The molecule has 160 valence electrons. The van der Waals surface area contributed by atoms with Crippen LogP contribution in [0, 0.1) is 13.8 Å². The lowest BCUT2D eigenvalue weighted by atomic mass is 9.75. The number of carbonyl (C=O) groups excluding carboxylic acids is 1. The van der Waals surface area contributed by atoms with E-state index in [-0.39, 0.29) is 11.3 Å². The molecule has 0 aliphatic carbocycles. The number of nitrogens with one attached hydrogen (secondary N) is 1. The van der Waals surface area contributed by atoms with Gasteiger partial charge in [-0.05, 0) is 76.8 Å². The quantitative estimate of drug-likeness (QED) is 0.722. The molecule has 0 saturated carbocycles. The molecule has 0 aromatic heterocycles. The van der Waals surface area contributed by atoms with Gasteiger partial charge >= 0.3 is 13.3 Å². The number of carbonyl (C=O) groups is 1. The zero-order valence-corrected chi connectivity index (χ0v) is 17.9. The Morgan fingerprint density at radius 2 is 1.60 bits per heavy atom. The maximum atomic E-state index is 13.1. The summed E-state index contributed by atoms with van der Waals surface area (Å²) < 4.78 is 51.6. The molecule has 3 rings (SSSR count). The zero-order chi connectivity index (χ0) is 22.5. The summed E-state index contributed by atoms with van der Waals surface area (Å²) in [5.74, 6) is -0.504. The standard InChI is InChI=1S/C22H25BF3NO3/c1-13-10-11-15(12-17(13)23-29-20(3,4)21(5,6)30-23)19(28)27-18-9-7-8-16(14(18)2)22(24,25)26/h7-12H,1-6H3,(H,27,28). The first kappa shape index (κ1) is 22.4. The lowest BCUT2D eigenvalue weighted by molar-refractivity contribution is -0.138. The van der Waals surface area contributed by atoms with Crippen LogP contribution < -0.4 is 10.8 Å². The van der Waals surface area contributed by atoms with Gasteiger partial charge in [0.2, 0.25) is 0 Å². The summed E-state index contributed by atoms with van der Waals surface area (Å²) in [6, 6.07) is 8.78. The van der Waals surface area contributed by atoms with Crippen LogP contribution in [-0.4, -0.2) is 24.2 Å². The van der Waals surface area contributed by atoms with E-state index in [1.54, 1.807) is 18.2 Å². The van der Waals surface area contributed by atoms with Crippen LogP contribution in [0.4, 0.5) is 18.9 Å². The average molecular weight is 419 g/mol. The normalized spacial score (nSPS) is 17.8. The van der Waals surface area contributed by atoms with Crippen molar-refractivity contribution >= 4 is 24.2 Å². The first-order chi connectivity index (χ1) is 13.7. The molecule has 4 nitrogen and oxygen atoms in total. The maximum absolute atomic E-state index is 13.1. The average Bonchev–Trinajstić information content (AvgIpc) is 2.83. The van der Waals surface area contributed by atoms with Crippen molar-refractivity contribution in [1.29, 1.82) is 0 Å². The van der Waals surface area contributed by atoms with E-state index in [1.807, 2.05) is 34.6 Å². The lowest BCUT2D eigenvalue weighted by Crippen LogP contribution is -2.41. The highest BCUT2D eigenvalue weighted by Crippen LogP contribution is 2.37. The Kier molecular flexibility index (Phi) is 5.54. The van der Waals surface area contributed by atoms with Crippen LogP contribution in [0.3, 0.4) is 0 Å². The van der Waals surface area contributed by atoms with Crippen LogP contribution in [-0.2, 0) is 15.5 Å². The topological polar surface area (TPSA) is 47.6 Å². The Labute approximate surface area is 174 Å². The monoisotopic (exact) mass is 419 g/mol. The minimum absolute atomic E-state index is 0.0309. The molecular formula is C22H25BF3NO3. The minimum Gasteiger partial charge on any atom is -0.399 e. The number of aryl methyl sites for hydroxylation is 1. The fourth-order valence-corrected chi connectivity index (χ4v) is 3.28. The van der Waals surface area contributed by atoms with Crippen LogP contribution in [0.25, 0.3) is 0 Å². The summed E-state index contributed by atoms with van der Waals surface area (Å²) >= 11 is 0. The third-order valence-electron chi connectivity index (χ3n) is 5.94. The molecule has 1 aliphatic rings. The van der Waals surface area contributed by atoms with Crippen molar-refractivity contribution in [2.24, 2.45) is 0 Å². The van der Waals surface area contributed by atoms with E-state index < -0.39 is 36.0 Å². The van der Waals surface area contributed by atoms with Crippen LogP contribution in [0.2, 0.25) is 0 Å². The van der Waals surface area contributed by atoms with Crippen LogP contribution in [0.5, 0.6) is 0 Å². The number of benzene rings is 2. The van der Waals surface area contributed by atoms with Gasteiger partial charge in [-0.2, -0.15) is 13.2 Å². The van der Waals surface area contributed by atoms with Gasteiger partial charge in [0.1, 0.15) is 0 Å². The largest absolute Gasteiger partial charge is 0.495 e. The van der Waals surface area contributed by atoms with E-state index in [1.165, 1.54) is 19.1 Å². The second-order valence-corrected chi connectivity index (χ2v) is 8.59. The summed E-state index contributed by atoms with van der Waals surface area (Å²) in [4.78, 5) is 12.8. The van der Waals surface area contributed by atoms with Gasteiger partial charge in [0, 0.05) is 11.3 Å². The Morgan fingerprint density at radius 3 is 2.17 bits per heavy atom. The number of rotatable bonds is 3. The Bertz CT molecular complexity index is 970. The van der Waals surface area contributed by atoms with Gasteiger partial charge in [-0.25, -0.2) is 0 Å². The molecule has 0 unspecified atom stereocenters. The highest BCUT2D eigenvalue weighted by molar-refractivity contribution is 6.62. The molecule has 0 bridgehead atoms. The first-order valence-corrected chi connectivity index (χ1v) is 9.67. The molecular weight excluding hydrogens is 394 g/mol. The van der Waals surface area contributed by atoms with Gasteiger partial charge in [0.15, 0.2) is 0 Å². The molecule has 1 saturated heterocycles. The van der Waals surface area contributed by atoms with Gasteiger partial charge in [0.25, 0.3) is 5.91 Å². The van der Waals surface area contributed by atoms with E-state index in [0.29, 0.717) is 11.0 Å². The van der Waals surface area contributed by atoms with Gasteiger partial charge < -0.3 is 14.6 Å². The molecule has 1 fully saturated rings. The lowest BCUT2D eigenvalue weighted by Gasteiger charge is -2.32. The van der Waals surface area contributed by atoms with E-state index in [4.69, 9.17) is 9.31 Å². The summed E-state index contributed by atoms with van der Waals surface area (Å²) in [5.41, 5.74) is 0.158. The van der Waals surface area contributed by atoms with Crippen molar-refractivity contribution in [3.8, 4) is 0 Å². The fourth-order valence-electron chi connectivity index (χ4n) is 3.28. The summed E-state index contributed by atoms with van der Waals surface area (Å²) in [6.07, 6.45) is -4.49. The number of halogens is 3. The molecule has 1 aliphatic heterocycles. The van der Waals surface area contributed by atoms with Crippen molar-refractivity contribution in [3.05, 3.63) is 58.7 Å². The van der Waals surface area contributed by atoms with Crippen molar-refractivity contribution in [2.45, 2.75) is 58.9 Å². The predicted molar refractivity (Wildman–Crippen MR) is 111 cm³/mol. The van der Waals surface area contributed by atoms with Crippen LogP contribution in [0.15, 0.2) is 36.4 Å². The molecule has 30 heavy (non-hydrogen) atoms. The summed E-state index contributed by atoms with van der Waals surface area (Å²) in [5, 5.41) is 2.59. The molecule has 0 atom stereocenters. The molecule has 0 spiro atoms. The number of hydrogen-bond acceptors (Lipinski definition) is 3. The Morgan fingerprint density at radius 1 is 1.00 bits per heavy atom. The van der Waals surface area contributed by atoms with Crippen molar-refractivity contribution in [2.75, 3.05) is 5.32 Å². The number of amides is 1. The van der Waals surface area contributed by atoms with Gasteiger partial charge in [0.05, 0.1) is 16.8 Å². The van der Waals surface area contributed by atoms with Crippen LogP contribution in [0.1, 0.15) is 54.7 Å². The molecule has 1 N–H and O–H groups in total. The molecule has 2 aromatic rings. The van der Waals surface area contributed by atoms with Crippen molar-refractivity contribution < 1.29 is 27.3 Å². The van der Waals surface area contributed by atoms with Gasteiger partial charge in [-0.1, -0.05) is 17.7 Å². The highest BCUT2D eigenvalue weighted by atomic mass is 19.4. The Balaban J connectivity index is 1.88. The number of alkyl halides is 3. The molecule has 0 radical (unpaired) electrons. The highest BCUT2D eigenvalue weighted by Gasteiger charge is 2.52. The molecule has 2 aromatic carbocycles. The van der Waals surface area contributed by atoms with E-state index in [2.05, 4.69) is 5.32 Å². The maximum Gasteiger partial charge on any atom is 0.495 e. The van der Waals surface area contributed by atoms with Gasteiger partial charge in [-0.3, -0.25) is 4.79 Å². The number of anilines is 1. The first-order valence-electron chi connectivity index (χ1n) is 9.67. The predicted octanol–water partition coefficient (Wildman–Crippen LogP) is 4.87. The second kappa shape index (κ2) is 7.43.